The molecule has 0 aliphatic rings. The summed E-state index contributed by atoms with van der Waals surface area (Å²) in [6.45, 7) is 1.92. The number of hydrogen-bond donors (Lipinski definition) is 2. The second kappa shape index (κ2) is 6.06. The third-order valence-corrected chi connectivity index (χ3v) is 3.11. The smallest absolute Gasteiger partial charge is 0.146 e. The van der Waals surface area contributed by atoms with Crippen LogP contribution >= 0.6 is 11.6 Å². The van der Waals surface area contributed by atoms with Crippen molar-refractivity contribution in [2.24, 2.45) is 5.73 Å². The Morgan fingerprint density at radius 2 is 1.89 bits per heavy atom. The average molecular weight is 278 g/mol. The first-order valence-corrected chi connectivity index (χ1v) is 6.40. The number of ether oxygens (including phenoxy) is 1. The van der Waals surface area contributed by atoms with E-state index in [0.717, 1.165) is 11.1 Å². The maximum Gasteiger partial charge on any atom is 0.146 e. The first kappa shape index (κ1) is 13.9. The van der Waals surface area contributed by atoms with Gasteiger partial charge in [0.15, 0.2) is 0 Å². The van der Waals surface area contributed by atoms with Crippen molar-refractivity contribution in [3.8, 4) is 11.5 Å². The quantitative estimate of drug-likeness (QED) is 0.897. The van der Waals surface area contributed by atoms with Crippen molar-refractivity contribution in [3.05, 3.63) is 58.6 Å². The van der Waals surface area contributed by atoms with Crippen LogP contribution in [-0.2, 0) is 6.61 Å². The first-order valence-electron chi connectivity index (χ1n) is 6.03. The highest BCUT2D eigenvalue weighted by atomic mass is 35.5. The normalized spacial score (nSPS) is 12.2. The third kappa shape index (κ3) is 3.47. The largest absolute Gasteiger partial charge is 0.456 e. The van der Waals surface area contributed by atoms with E-state index in [0.29, 0.717) is 16.5 Å². The molecule has 1 atom stereocenters. The lowest BCUT2D eigenvalue weighted by atomic mass is 10.1. The van der Waals surface area contributed by atoms with Crippen LogP contribution < -0.4 is 10.5 Å². The fourth-order valence-corrected chi connectivity index (χ4v) is 1.90. The molecule has 0 aliphatic heterocycles. The van der Waals surface area contributed by atoms with Crippen molar-refractivity contribution >= 4 is 11.6 Å². The van der Waals surface area contributed by atoms with E-state index in [1.54, 1.807) is 30.3 Å². The summed E-state index contributed by atoms with van der Waals surface area (Å²) in [5.74, 6) is 1.26. The molecule has 2 aromatic carbocycles. The van der Waals surface area contributed by atoms with Crippen molar-refractivity contribution in [2.75, 3.05) is 0 Å². The van der Waals surface area contributed by atoms with E-state index >= 15 is 0 Å². The molecule has 0 aromatic heterocycles. The van der Waals surface area contributed by atoms with Gasteiger partial charge in [0.25, 0.3) is 0 Å². The van der Waals surface area contributed by atoms with Crippen LogP contribution in [0.1, 0.15) is 24.1 Å². The summed E-state index contributed by atoms with van der Waals surface area (Å²) < 4.78 is 5.69. The van der Waals surface area contributed by atoms with Gasteiger partial charge in [-0.3, -0.25) is 0 Å². The van der Waals surface area contributed by atoms with E-state index in [-0.39, 0.29) is 12.6 Å². The van der Waals surface area contributed by atoms with Crippen LogP contribution in [0.2, 0.25) is 5.02 Å². The van der Waals surface area contributed by atoms with Crippen molar-refractivity contribution in [2.45, 2.75) is 19.6 Å². The summed E-state index contributed by atoms with van der Waals surface area (Å²) in [4.78, 5) is 0. The van der Waals surface area contributed by atoms with Crippen molar-refractivity contribution in [1.82, 2.24) is 0 Å². The fraction of sp³-hybridized carbons (Fsp3) is 0.200. The maximum atomic E-state index is 8.97. The Morgan fingerprint density at radius 1 is 1.21 bits per heavy atom. The molecule has 0 heterocycles. The Morgan fingerprint density at radius 3 is 2.42 bits per heavy atom. The van der Waals surface area contributed by atoms with Gasteiger partial charge in [-0.2, -0.15) is 0 Å². The molecule has 0 aliphatic carbocycles. The van der Waals surface area contributed by atoms with Crippen LogP contribution in [0.5, 0.6) is 11.5 Å². The number of aliphatic hydroxyl groups is 1. The number of nitrogens with two attached hydrogens (primary N) is 1. The van der Waals surface area contributed by atoms with E-state index in [9.17, 15) is 0 Å². The van der Waals surface area contributed by atoms with Gasteiger partial charge in [0.2, 0.25) is 0 Å². The lowest BCUT2D eigenvalue weighted by Gasteiger charge is -2.11. The van der Waals surface area contributed by atoms with Gasteiger partial charge in [0.1, 0.15) is 11.5 Å². The molecule has 0 saturated heterocycles. The molecule has 0 saturated carbocycles. The molecule has 19 heavy (non-hydrogen) atoms. The number of benzene rings is 2. The topological polar surface area (TPSA) is 55.5 Å². The summed E-state index contributed by atoms with van der Waals surface area (Å²) in [6, 6.07) is 12.6. The predicted octanol–water partition coefficient (Wildman–Crippen LogP) is 3.64. The minimum absolute atomic E-state index is 0.0180. The minimum Gasteiger partial charge on any atom is -0.456 e. The SMILES string of the molecule is C[C@H](N)c1ccc(Oc2ccc(CO)cc2)c(Cl)c1. The average Bonchev–Trinajstić information content (AvgIpc) is 2.41. The van der Waals surface area contributed by atoms with E-state index in [2.05, 4.69) is 0 Å². The summed E-state index contributed by atoms with van der Waals surface area (Å²) in [7, 11) is 0. The molecule has 0 radical (unpaired) electrons. The summed E-state index contributed by atoms with van der Waals surface area (Å²) in [5, 5.41) is 9.50. The van der Waals surface area contributed by atoms with Gasteiger partial charge in [-0.1, -0.05) is 29.8 Å². The number of halogens is 1. The second-order valence-corrected chi connectivity index (χ2v) is 4.79. The van der Waals surface area contributed by atoms with Gasteiger partial charge < -0.3 is 15.6 Å². The Balaban J connectivity index is 2.18. The summed E-state index contributed by atoms with van der Waals surface area (Å²) in [6.07, 6.45) is 0. The number of rotatable bonds is 4. The van der Waals surface area contributed by atoms with Crippen LogP contribution in [0.4, 0.5) is 0 Å². The Bertz CT molecular complexity index is 553. The fourth-order valence-electron chi connectivity index (χ4n) is 1.67. The molecule has 2 aromatic rings. The van der Waals surface area contributed by atoms with Gasteiger partial charge in [-0.15, -0.1) is 0 Å². The molecule has 0 unspecified atom stereocenters. The molecular weight excluding hydrogens is 262 g/mol. The van der Waals surface area contributed by atoms with Crippen LogP contribution in [0.25, 0.3) is 0 Å². The molecule has 3 nitrogen and oxygen atoms in total. The van der Waals surface area contributed by atoms with Gasteiger partial charge in [-0.25, -0.2) is 0 Å². The summed E-state index contributed by atoms with van der Waals surface area (Å²) in [5.41, 5.74) is 7.60. The lowest BCUT2D eigenvalue weighted by Crippen LogP contribution is -2.04. The maximum absolute atomic E-state index is 8.97. The van der Waals surface area contributed by atoms with Gasteiger partial charge in [0, 0.05) is 6.04 Å². The molecule has 0 bridgehead atoms. The standard InChI is InChI=1S/C15H16ClNO2/c1-10(17)12-4-7-15(14(16)8-12)19-13-5-2-11(9-18)3-6-13/h2-8,10,18H,9,17H2,1H3/t10-/m0/s1. The van der Waals surface area contributed by atoms with E-state index < -0.39 is 0 Å². The Labute approximate surface area is 117 Å². The molecule has 100 valence electrons. The van der Waals surface area contributed by atoms with Crippen LogP contribution in [0.15, 0.2) is 42.5 Å². The number of hydrogen-bond acceptors (Lipinski definition) is 3. The molecule has 4 heteroatoms. The Kier molecular flexibility index (Phi) is 4.43. The molecule has 0 fully saturated rings. The minimum atomic E-state index is -0.0598. The zero-order valence-corrected chi connectivity index (χ0v) is 11.4. The molecule has 0 spiro atoms. The van der Waals surface area contributed by atoms with Crippen molar-refractivity contribution < 1.29 is 9.84 Å². The summed E-state index contributed by atoms with van der Waals surface area (Å²) >= 11 is 6.16. The van der Waals surface area contributed by atoms with E-state index in [1.165, 1.54) is 0 Å². The van der Waals surface area contributed by atoms with Crippen molar-refractivity contribution in [1.29, 1.82) is 0 Å². The Hall–Kier alpha value is -1.55. The van der Waals surface area contributed by atoms with Crippen LogP contribution in [0.3, 0.4) is 0 Å². The number of aliphatic hydroxyl groups excluding tert-OH is 1. The monoisotopic (exact) mass is 277 g/mol. The molecular formula is C15H16ClNO2. The van der Waals surface area contributed by atoms with Crippen LogP contribution in [0, 0.1) is 0 Å². The molecule has 2 rings (SSSR count). The van der Waals surface area contributed by atoms with E-state index in [4.69, 9.17) is 27.2 Å². The second-order valence-electron chi connectivity index (χ2n) is 4.38. The zero-order chi connectivity index (χ0) is 13.8. The lowest BCUT2D eigenvalue weighted by molar-refractivity contribution is 0.281. The highest BCUT2D eigenvalue weighted by Gasteiger charge is 2.07. The third-order valence-electron chi connectivity index (χ3n) is 2.82. The predicted molar refractivity (Wildman–Crippen MR) is 76.5 cm³/mol. The van der Waals surface area contributed by atoms with Gasteiger partial charge >= 0.3 is 0 Å². The van der Waals surface area contributed by atoms with Gasteiger partial charge in [-0.05, 0) is 42.3 Å². The van der Waals surface area contributed by atoms with E-state index in [1.807, 2.05) is 19.1 Å². The van der Waals surface area contributed by atoms with Gasteiger partial charge in [0.05, 0.1) is 11.6 Å². The highest BCUT2D eigenvalue weighted by Crippen LogP contribution is 2.31. The molecule has 3 N–H and O–H groups in total. The first-order chi connectivity index (χ1) is 9.10. The molecule has 0 amide bonds. The van der Waals surface area contributed by atoms with Crippen LogP contribution in [-0.4, -0.2) is 5.11 Å². The van der Waals surface area contributed by atoms with Crippen molar-refractivity contribution in [3.63, 3.8) is 0 Å². The zero-order valence-electron chi connectivity index (χ0n) is 10.6. The highest BCUT2D eigenvalue weighted by molar-refractivity contribution is 6.32.